The number of fused-ring (bicyclic) bond motifs is 1. The van der Waals surface area contributed by atoms with Crippen LogP contribution in [0.1, 0.15) is 28.2 Å². The fourth-order valence-corrected chi connectivity index (χ4v) is 4.69. The Labute approximate surface area is 164 Å². The summed E-state index contributed by atoms with van der Waals surface area (Å²) in [7, 11) is 0. The molecule has 142 valence electrons. The zero-order valence-electron chi connectivity index (χ0n) is 15.0. The third-order valence-corrected chi connectivity index (χ3v) is 6.17. The largest absolute Gasteiger partial charge is 0.357 e. The molecule has 9 heteroatoms. The number of thiazole rings is 1. The van der Waals surface area contributed by atoms with Gasteiger partial charge in [0.05, 0.1) is 11.3 Å². The van der Waals surface area contributed by atoms with Gasteiger partial charge in [0.2, 0.25) is 5.95 Å². The molecule has 7 nitrogen and oxygen atoms in total. The molecular weight excluding hydrogens is 379 g/mol. The van der Waals surface area contributed by atoms with Crippen LogP contribution >= 0.6 is 11.3 Å². The normalized spacial score (nSPS) is 16.5. The summed E-state index contributed by atoms with van der Waals surface area (Å²) in [4.78, 5) is 33.8. The maximum absolute atomic E-state index is 14.7. The molecule has 3 aromatic heterocycles. The third kappa shape index (κ3) is 2.91. The van der Waals surface area contributed by atoms with Crippen LogP contribution in [0.2, 0.25) is 0 Å². The van der Waals surface area contributed by atoms with Crippen molar-refractivity contribution in [3.8, 4) is 10.6 Å². The van der Waals surface area contributed by atoms with Crippen LogP contribution in [0.4, 0.5) is 16.0 Å². The van der Waals surface area contributed by atoms with Crippen molar-refractivity contribution in [3.05, 3.63) is 47.2 Å². The molecule has 0 unspecified atom stereocenters. The van der Waals surface area contributed by atoms with E-state index < -0.39 is 5.95 Å². The number of halogens is 1. The summed E-state index contributed by atoms with van der Waals surface area (Å²) in [5, 5.41) is 0.487. The number of hydrogen-bond donors (Lipinski definition) is 0. The van der Waals surface area contributed by atoms with Gasteiger partial charge in [0.1, 0.15) is 27.8 Å². The highest BCUT2D eigenvalue weighted by Gasteiger charge is 2.31. The second kappa shape index (κ2) is 6.90. The van der Waals surface area contributed by atoms with Gasteiger partial charge in [-0.3, -0.25) is 9.69 Å². The van der Waals surface area contributed by atoms with Crippen LogP contribution in [-0.2, 0) is 6.42 Å². The maximum atomic E-state index is 14.7. The minimum atomic E-state index is -0.546. The SMILES string of the molecule is O=C1c2sc(-c3ccc(N4CCCC4)nc3F)nc2CCN1c1ccncn1. The lowest BCUT2D eigenvalue weighted by Gasteiger charge is -2.24. The molecule has 2 aliphatic rings. The molecule has 0 atom stereocenters. The molecular formula is C19H17FN6OS. The van der Waals surface area contributed by atoms with Gasteiger partial charge < -0.3 is 4.90 Å². The number of rotatable bonds is 3. The van der Waals surface area contributed by atoms with Crippen molar-refractivity contribution in [2.75, 3.05) is 29.4 Å². The monoisotopic (exact) mass is 396 g/mol. The van der Waals surface area contributed by atoms with E-state index in [2.05, 4.69) is 24.8 Å². The standard InChI is InChI=1S/C19H17FN6OS/c20-17-12(3-4-15(24-17)25-8-1-2-9-25)18-23-13-6-10-26(19(27)16(13)28-18)14-5-7-21-11-22-14/h3-5,7,11H,1-2,6,8-10H2. The molecule has 0 aliphatic carbocycles. The molecule has 0 spiro atoms. The van der Waals surface area contributed by atoms with E-state index in [-0.39, 0.29) is 5.91 Å². The quantitative estimate of drug-likeness (QED) is 0.634. The first-order valence-electron chi connectivity index (χ1n) is 9.20. The summed E-state index contributed by atoms with van der Waals surface area (Å²) in [6.45, 7) is 2.30. The van der Waals surface area contributed by atoms with Crippen LogP contribution in [0.25, 0.3) is 10.6 Å². The van der Waals surface area contributed by atoms with Crippen molar-refractivity contribution >= 4 is 28.9 Å². The van der Waals surface area contributed by atoms with E-state index in [1.165, 1.54) is 17.7 Å². The zero-order chi connectivity index (χ0) is 19.1. The molecule has 0 bridgehead atoms. The molecule has 3 aromatic rings. The predicted molar refractivity (Wildman–Crippen MR) is 104 cm³/mol. The van der Waals surface area contributed by atoms with Gasteiger partial charge in [-0.05, 0) is 31.0 Å². The van der Waals surface area contributed by atoms with Crippen molar-refractivity contribution in [1.29, 1.82) is 0 Å². The van der Waals surface area contributed by atoms with Crippen LogP contribution in [0.15, 0.2) is 30.7 Å². The van der Waals surface area contributed by atoms with Crippen LogP contribution < -0.4 is 9.80 Å². The van der Waals surface area contributed by atoms with Gasteiger partial charge in [-0.25, -0.2) is 19.9 Å². The lowest BCUT2D eigenvalue weighted by atomic mass is 10.1. The van der Waals surface area contributed by atoms with Gasteiger partial charge in [-0.15, -0.1) is 11.3 Å². The molecule has 0 aromatic carbocycles. The Balaban J connectivity index is 1.45. The van der Waals surface area contributed by atoms with Gasteiger partial charge in [-0.1, -0.05) is 0 Å². The van der Waals surface area contributed by atoms with E-state index in [1.807, 2.05) is 6.07 Å². The van der Waals surface area contributed by atoms with Crippen molar-refractivity contribution in [1.82, 2.24) is 19.9 Å². The second-order valence-electron chi connectivity index (χ2n) is 6.77. The molecule has 1 fully saturated rings. The van der Waals surface area contributed by atoms with Crippen molar-refractivity contribution in [2.45, 2.75) is 19.3 Å². The molecule has 0 N–H and O–H groups in total. The average molecular weight is 396 g/mol. The van der Waals surface area contributed by atoms with Crippen LogP contribution in [-0.4, -0.2) is 45.5 Å². The maximum Gasteiger partial charge on any atom is 0.271 e. The minimum Gasteiger partial charge on any atom is -0.357 e. The highest BCUT2D eigenvalue weighted by atomic mass is 32.1. The van der Waals surface area contributed by atoms with Gasteiger partial charge >= 0.3 is 0 Å². The van der Waals surface area contributed by atoms with E-state index in [0.717, 1.165) is 25.9 Å². The van der Waals surface area contributed by atoms with Crippen LogP contribution in [0.5, 0.6) is 0 Å². The van der Waals surface area contributed by atoms with Crippen molar-refractivity contribution in [3.63, 3.8) is 0 Å². The lowest BCUT2D eigenvalue weighted by Crippen LogP contribution is -2.37. The fourth-order valence-electron chi connectivity index (χ4n) is 3.61. The lowest BCUT2D eigenvalue weighted by molar-refractivity contribution is 0.0983. The number of carbonyl (C=O) groups excluding carboxylic acids is 1. The smallest absolute Gasteiger partial charge is 0.271 e. The Morgan fingerprint density at radius 3 is 2.64 bits per heavy atom. The van der Waals surface area contributed by atoms with E-state index in [1.54, 1.807) is 23.2 Å². The summed E-state index contributed by atoms with van der Waals surface area (Å²) >= 11 is 1.21. The highest BCUT2D eigenvalue weighted by molar-refractivity contribution is 7.17. The number of pyridine rings is 1. The van der Waals surface area contributed by atoms with Crippen molar-refractivity contribution < 1.29 is 9.18 Å². The molecule has 28 heavy (non-hydrogen) atoms. The zero-order valence-corrected chi connectivity index (χ0v) is 15.8. The molecule has 2 aliphatic heterocycles. The number of hydrogen-bond acceptors (Lipinski definition) is 7. The number of nitrogens with zero attached hydrogens (tertiary/aromatic N) is 6. The topological polar surface area (TPSA) is 75.1 Å². The average Bonchev–Trinajstić information content (AvgIpc) is 3.39. The molecule has 0 saturated carbocycles. The van der Waals surface area contributed by atoms with Gasteiger partial charge in [-0.2, -0.15) is 4.39 Å². The van der Waals surface area contributed by atoms with Crippen molar-refractivity contribution in [2.24, 2.45) is 0 Å². The predicted octanol–water partition coefficient (Wildman–Crippen LogP) is 2.94. The Bertz CT molecular complexity index is 1030. The summed E-state index contributed by atoms with van der Waals surface area (Å²) in [5.74, 6) is 0.510. The molecule has 5 heterocycles. The van der Waals surface area contributed by atoms with E-state index >= 15 is 0 Å². The Kier molecular flexibility index (Phi) is 4.23. The first kappa shape index (κ1) is 17.2. The summed E-state index contributed by atoms with van der Waals surface area (Å²) in [6, 6.07) is 5.25. The number of amides is 1. The number of anilines is 2. The van der Waals surface area contributed by atoms with Crippen LogP contribution in [0, 0.1) is 5.95 Å². The Hall–Kier alpha value is -2.94. The Morgan fingerprint density at radius 2 is 1.89 bits per heavy atom. The van der Waals surface area contributed by atoms with E-state index in [4.69, 9.17) is 0 Å². The molecule has 5 rings (SSSR count). The first-order chi connectivity index (χ1) is 13.7. The number of aromatic nitrogens is 4. The summed E-state index contributed by atoms with van der Waals surface area (Å²) < 4.78 is 14.7. The summed E-state index contributed by atoms with van der Waals surface area (Å²) in [6.07, 6.45) is 5.83. The highest BCUT2D eigenvalue weighted by Crippen LogP contribution is 2.34. The molecule has 1 amide bonds. The van der Waals surface area contributed by atoms with Gasteiger partial charge in [0.25, 0.3) is 5.91 Å². The van der Waals surface area contributed by atoms with Crippen LogP contribution in [0.3, 0.4) is 0 Å². The minimum absolute atomic E-state index is 0.161. The molecule has 1 saturated heterocycles. The summed E-state index contributed by atoms with van der Waals surface area (Å²) in [5.41, 5.74) is 1.04. The first-order valence-corrected chi connectivity index (χ1v) is 10.0. The number of carbonyl (C=O) groups is 1. The Morgan fingerprint density at radius 1 is 1.04 bits per heavy atom. The second-order valence-corrected chi connectivity index (χ2v) is 7.77. The van der Waals surface area contributed by atoms with Gasteiger partial charge in [0, 0.05) is 32.3 Å². The van der Waals surface area contributed by atoms with Gasteiger partial charge in [0.15, 0.2) is 0 Å². The van der Waals surface area contributed by atoms with E-state index in [0.29, 0.717) is 45.7 Å². The fraction of sp³-hybridized carbons (Fsp3) is 0.316. The third-order valence-electron chi connectivity index (χ3n) is 5.05. The molecule has 0 radical (unpaired) electrons. The van der Waals surface area contributed by atoms with E-state index in [9.17, 15) is 9.18 Å².